The molecule has 8 heteroatoms. The Balaban J connectivity index is 1.69. The van der Waals surface area contributed by atoms with E-state index in [0.29, 0.717) is 39.7 Å². The minimum absolute atomic E-state index is 0.255. The number of rotatable bonds is 6. The van der Waals surface area contributed by atoms with Crippen LogP contribution >= 0.6 is 0 Å². The molecule has 0 aliphatic heterocycles. The number of hydrogen-bond donors (Lipinski definition) is 1. The number of halogens is 3. The third kappa shape index (κ3) is 4.03. The van der Waals surface area contributed by atoms with Gasteiger partial charge in [0.1, 0.15) is 5.75 Å². The van der Waals surface area contributed by atoms with Crippen molar-refractivity contribution in [3.05, 3.63) is 54.2 Å². The maximum Gasteiger partial charge on any atom is 0.573 e. The van der Waals surface area contributed by atoms with Crippen LogP contribution in [-0.4, -0.2) is 21.5 Å². The van der Waals surface area contributed by atoms with Crippen LogP contribution in [0.4, 0.5) is 13.2 Å². The van der Waals surface area contributed by atoms with Gasteiger partial charge < -0.3 is 14.2 Å². The second kappa shape index (κ2) is 7.85. The summed E-state index contributed by atoms with van der Waals surface area (Å²) < 4.78 is 47.8. The van der Waals surface area contributed by atoms with Crippen molar-refractivity contribution in [2.45, 2.75) is 39.0 Å². The van der Waals surface area contributed by atoms with Crippen molar-refractivity contribution >= 4 is 11.0 Å². The number of aromatic amines is 1. The standard InChI is InChI=1S/C22H20F3N3O2/c1-3-13(4-2)17-12-20(30-28-17)21-26-16-10-9-14(11-18(16)27-21)15-7-5-6-8-19(15)29-22(23,24)25/h5-13H,3-4H2,1-2H3,(H,26,27). The molecule has 0 fully saturated rings. The SMILES string of the molecule is CCC(CC)c1cc(-c2nc3ccc(-c4ccccc4OC(F)(F)F)cc3[nH]2)on1. The number of ether oxygens (including phenoxy) is 1. The maximum atomic E-state index is 12.7. The number of benzene rings is 2. The lowest BCUT2D eigenvalue weighted by Crippen LogP contribution is -2.17. The summed E-state index contributed by atoms with van der Waals surface area (Å²) in [4.78, 5) is 7.69. The molecular weight excluding hydrogens is 395 g/mol. The number of para-hydroxylation sites is 1. The van der Waals surface area contributed by atoms with Gasteiger partial charge >= 0.3 is 6.36 Å². The van der Waals surface area contributed by atoms with Crippen molar-refractivity contribution in [1.29, 1.82) is 0 Å². The summed E-state index contributed by atoms with van der Waals surface area (Å²) in [6.07, 6.45) is -2.84. The summed E-state index contributed by atoms with van der Waals surface area (Å²) in [6.45, 7) is 4.21. The second-order valence-electron chi connectivity index (χ2n) is 6.99. The van der Waals surface area contributed by atoms with Crippen molar-refractivity contribution in [2.75, 3.05) is 0 Å². The van der Waals surface area contributed by atoms with Gasteiger partial charge in [0.2, 0.25) is 5.76 Å². The summed E-state index contributed by atoms with van der Waals surface area (Å²) in [7, 11) is 0. The fourth-order valence-corrected chi connectivity index (χ4v) is 3.51. The number of imidazole rings is 1. The number of nitrogens with one attached hydrogen (secondary N) is 1. The molecule has 0 aliphatic rings. The molecule has 0 radical (unpaired) electrons. The highest BCUT2D eigenvalue weighted by atomic mass is 19.4. The number of aromatic nitrogens is 3. The van der Waals surface area contributed by atoms with Crippen LogP contribution in [0.2, 0.25) is 0 Å². The zero-order valence-electron chi connectivity index (χ0n) is 16.5. The number of fused-ring (bicyclic) bond motifs is 1. The molecule has 0 saturated heterocycles. The fraction of sp³-hybridized carbons (Fsp3) is 0.273. The van der Waals surface area contributed by atoms with E-state index < -0.39 is 6.36 Å². The summed E-state index contributed by atoms with van der Waals surface area (Å²) in [5.41, 5.74) is 3.14. The summed E-state index contributed by atoms with van der Waals surface area (Å²) in [6, 6.07) is 13.1. The van der Waals surface area contributed by atoms with Crippen LogP contribution < -0.4 is 4.74 Å². The van der Waals surface area contributed by atoms with Crippen LogP contribution in [-0.2, 0) is 0 Å². The topological polar surface area (TPSA) is 63.9 Å². The van der Waals surface area contributed by atoms with Gasteiger partial charge in [-0.2, -0.15) is 0 Å². The Morgan fingerprint density at radius 2 is 1.83 bits per heavy atom. The minimum Gasteiger partial charge on any atom is -0.405 e. The molecule has 0 saturated carbocycles. The van der Waals surface area contributed by atoms with Gasteiger partial charge in [0.15, 0.2) is 5.82 Å². The van der Waals surface area contributed by atoms with Gasteiger partial charge in [-0.1, -0.05) is 43.3 Å². The molecule has 5 nitrogen and oxygen atoms in total. The number of H-pyrrole nitrogens is 1. The highest BCUT2D eigenvalue weighted by Gasteiger charge is 2.32. The highest BCUT2D eigenvalue weighted by molar-refractivity contribution is 5.85. The second-order valence-corrected chi connectivity index (χ2v) is 6.99. The molecule has 0 atom stereocenters. The minimum atomic E-state index is -4.76. The van der Waals surface area contributed by atoms with E-state index in [4.69, 9.17) is 4.52 Å². The van der Waals surface area contributed by atoms with Gasteiger partial charge in [0.25, 0.3) is 0 Å². The average molecular weight is 415 g/mol. The van der Waals surface area contributed by atoms with Crippen molar-refractivity contribution in [3.8, 4) is 28.5 Å². The largest absolute Gasteiger partial charge is 0.573 e. The van der Waals surface area contributed by atoms with Gasteiger partial charge in [-0.3, -0.25) is 0 Å². The summed E-state index contributed by atoms with van der Waals surface area (Å²) >= 11 is 0. The first-order valence-electron chi connectivity index (χ1n) is 9.69. The van der Waals surface area contributed by atoms with E-state index in [9.17, 15) is 13.2 Å². The predicted molar refractivity (Wildman–Crippen MR) is 107 cm³/mol. The van der Waals surface area contributed by atoms with E-state index in [1.54, 1.807) is 30.3 Å². The summed E-state index contributed by atoms with van der Waals surface area (Å²) in [5, 5.41) is 4.16. The maximum absolute atomic E-state index is 12.7. The van der Waals surface area contributed by atoms with Gasteiger partial charge in [-0.05, 0) is 36.6 Å². The molecule has 156 valence electrons. The molecule has 2 aromatic carbocycles. The van der Waals surface area contributed by atoms with E-state index in [-0.39, 0.29) is 5.75 Å². The first-order chi connectivity index (χ1) is 14.4. The zero-order valence-corrected chi connectivity index (χ0v) is 16.5. The predicted octanol–water partition coefficient (Wildman–Crippen LogP) is 6.69. The number of alkyl halides is 3. The van der Waals surface area contributed by atoms with Crippen molar-refractivity contribution in [3.63, 3.8) is 0 Å². The van der Waals surface area contributed by atoms with Crippen LogP contribution in [0.25, 0.3) is 33.7 Å². The van der Waals surface area contributed by atoms with Gasteiger partial charge in [0, 0.05) is 17.5 Å². The molecule has 0 amide bonds. The third-order valence-corrected chi connectivity index (χ3v) is 5.07. The van der Waals surface area contributed by atoms with Crippen LogP contribution in [0, 0.1) is 0 Å². The first kappa shape index (κ1) is 20.0. The Hall–Kier alpha value is -3.29. The molecule has 1 N–H and O–H groups in total. The Kier molecular flexibility index (Phi) is 5.24. The van der Waals surface area contributed by atoms with Crippen LogP contribution in [0.3, 0.4) is 0 Å². The fourth-order valence-electron chi connectivity index (χ4n) is 3.51. The molecule has 2 heterocycles. The third-order valence-electron chi connectivity index (χ3n) is 5.07. The van der Waals surface area contributed by atoms with Gasteiger partial charge in [0.05, 0.1) is 16.7 Å². The number of nitrogens with zero attached hydrogens (tertiary/aromatic N) is 2. The lowest BCUT2D eigenvalue weighted by atomic mass is 9.99. The molecule has 2 aromatic heterocycles. The first-order valence-corrected chi connectivity index (χ1v) is 9.69. The van der Waals surface area contributed by atoms with Gasteiger partial charge in [-0.25, -0.2) is 4.98 Å². The smallest absolute Gasteiger partial charge is 0.405 e. The molecule has 4 rings (SSSR count). The summed E-state index contributed by atoms with van der Waals surface area (Å²) in [5.74, 6) is 1.11. The molecule has 0 aliphatic carbocycles. The average Bonchev–Trinajstić information content (AvgIpc) is 3.34. The Morgan fingerprint density at radius 3 is 2.57 bits per heavy atom. The van der Waals surface area contributed by atoms with Crippen LogP contribution in [0.15, 0.2) is 53.1 Å². The van der Waals surface area contributed by atoms with Crippen LogP contribution in [0.1, 0.15) is 38.3 Å². The lowest BCUT2D eigenvalue weighted by Gasteiger charge is -2.13. The van der Waals surface area contributed by atoms with E-state index in [0.717, 1.165) is 18.5 Å². The van der Waals surface area contributed by atoms with E-state index >= 15 is 0 Å². The van der Waals surface area contributed by atoms with E-state index in [1.807, 2.05) is 6.07 Å². The van der Waals surface area contributed by atoms with Crippen molar-refractivity contribution in [1.82, 2.24) is 15.1 Å². The van der Waals surface area contributed by atoms with E-state index in [2.05, 4.69) is 33.7 Å². The molecular formula is C22H20F3N3O2. The van der Waals surface area contributed by atoms with Crippen LogP contribution in [0.5, 0.6) is 5.75 Å². The molecule has 0 bridgehead atoms. The lowest BCUT2D eigenvalue weighted by molar-refractivity contribution is -0.274. The van der Waals surface area contributed by atoms with Crippen molar-refractivity contribution < 1.29 is 22.4 Å². The molecule has 0 spiro atoms. The highest BCUT2D eigenvalue weighted by Crippen LogP contribution is 2.35. The Bertz CT molecular complexity index is 1160. The monoisotopic (exact) mass is 415 g/mol. The molecule has 4 aromatic rings. The molecule has 0 unspecified atom stereocenters. The van der Waals surface area contributed by atoms with Crippen molar-refractivity contribution in [2.24, 2.45) is 0 Å². The normalized spacial score (nSPS) is 12.1. The molecule has 30 heavy (non-hydrogen) atoms. The Morgan fingerprint density at radius 1 is 1.07 bits per heavy atom. The van der Waals surface area contributed by atoms with Gasteiger partial charge in [-0.15, -0.1) is 13.2 Å². The zero-order chi connectivity index (χ0) is 21.3. The Labute approximate surface area is 170 Å². The number of hydrogen-bond acceptors (Lipinski definition) is 4. The quantitative estimate of drug-likeness (QED) is 0.381. The van der Waals surface area contributed by atoms with E-state index in [1.165, 1.54) is 12.1 Å².